The Labute approximate surface area is 151 Å². The quantitative estimate of drug-likeness (QED) is 0.826. The van der Waals surface area contributed by atoms with E-state index in [0.29, 0.717) is 23.7 Å². The molecule has 2 fully saturated rings. The maximum absolute atomic E-state index is 13.0. The molecule has 0 spiro atoms. The molecule has 1 aliphatic heterocycles. The van der Waals surface area contributed by atoms with Crippen LogP contribution in [-0.4, -0.2) is 39.4 Å². The van der Waals surface area contributed by atoms with Crippen molar-refractivity contribution < 1.29 is 4.79 Å². The van der Waals surface area contributed by atoms with E-state index in [0.717, 1.165) is 31.5 Å². The molecule has 1 atom stereocenters. The zero-order valence-corrected chi connectivity index (χ0v) is 15.8. The van der Waals surface area contributed by atoms with Gasteiger partial charge in [0.2, 0.25) is 5.95 Å². The molecule has 1 aromatic rings. The first-order chi connectivity index (χ1) is 12.2. The van der Waals surface area contributed by atoms with Gasteiger partial charge in [-0.25, -0.2) is 9.97 Å². The Bertz CT molecular complexity index is 581. The van der Waals surface area contributed by atoms with Crippen molar-refractivity contribution in [2.24, 2.45) is 0 Å². The zero-order chi connectivity index (χ0) is 17.6. The van der Waals surface area contributed by atoms with Crippen molar-refractivity contribution >= 4 is 11.9 Å². The van der Waals surface area contributed by atoms with Gasteiger partial charge in [-0.05, 0) is 51.5 Å². The summed E-state index contributed by atoms with van der Waals surface area (Å²) in [7, 11) is 0. The van der Waals surface area contributed by atoms with Crippen LogP contribution in [0, 0.1) is 6.92 Å². The molecule has 25 heavy (non-hydrogen) atoms. The van der Waals surface area contributed by atoms with Crippen molar-refractivity contribution in [1.29, 1.82) is 0 Å². The SMILES string of the molecule is CCC1CCCCN1C(=O)c1cc(C)nc(NC2CCCCCC2)n1. The molecular formula is C20H32N4O. The lowest BCUT2D eigenvalue weighted by molar-refractivity contribution is 0.0601. The topological polar surface area (TPSA) is 58.1 Å². The number of aryl methyl sites for hydroxylation is 1. The highest BCUT2D eigenvalue weighted by molar-refractivity contribution is 5.93. The molecule has 5 heteroatoms. The number of anilines is 1. The van der Waals surface area contributed by atoms with E-state index in [2.05, 4.69) is 22.2 Å². The summed E-state index contributed by atoms with van der Waals surface area (Å²) in [6, 6.07) is 2.63. The van der Waals surface area contributed by atoms with Crippen LogP contribution in [0.2, 0.25) is 0 Å². The zero-order valence-electron chi connectivity index (χ0n) is 15.8. The third-order valence-electron chi connectivity index (χ3n) is 5.62. The van der Waals surface area contributed by atoms with Gasteiger partial charge in [-0.15, -0.1) is 0 Å². The Morgan fingerprint density at radius 2 is 1.84 bits per heavy atom. The normalized spacial score (nSPS) is 22.5. The first-order valence-electron chi connectivity index (χ1n) is 10.1. The largest absolute Gasteiger partial charge is 0.351 e. The molecular weight excluding hydrogens is 312 g/mol. The highest BCUT2D eigenvalue weighted by Gasteiger charge is 2.27. The van der Waals surface area contributed by atoms with Gasteiger partial charge in [-0.2, -0.15) is 0 Å². The van der Waals surface area contributed by atoms with Crippen molar-refractivity contribution in [3.8, 4) is 0 Å². The van der Waals surface area contributed by atoms with E-state index in [1.807, 2.05) is 17.9 Å². The van der Waals surface area contributed by atoms with E-state index in [-0.39, 0.29) is 5.91 Å². The number of likely N-dealkylation sites (tertiary alicyclic amines) is 1. The van der Waals surface area contributed by atoms with Gasteiger partial charge in [-0.3, -0.25) is 4.79 Å². The minimum atomic E-state index is 0.0703. The molecule has 2 aliphatic rings. The van der Waals surface area contributed by atoms with Crippen molar-refractivity contribution in [2.75, 3.05) is 11.9 Å². The Kier molecular flexibility index (Phi) is 6.27. The molecule has 1 saturated carbocycles. The van der Waals surface area contributed by atoms with Crippen LogP contribution in [0.1, 0.15) is 87.3 Å². The second-order valence-electron chi connectivity index (χ2n) is 7.61. The number of nitrogens with one attached hydrogen (secondary N) is 1. The lowest BCUT2D eigenvalue weighted by atomic mass is 9.99. The van der Waals surface area contributed by atoms with Gasteiger partial charge < -0.3 is 10.2 Å². The molecule has 0 bridgehead atoms. The Morgan fingerprint density at radius 1 is 1.12 bits per heavy atom. The molecule has 1 unspecified atom stereocenters. The average molecular weight is 345 g/mol. The molecule has 5 nitrogen and oxygen atoms in total. The number of amides is 1. The summed E-state index contributed by atoms with van der Waals surface area (Å²) in [4.78, 5) is 24.2. The lowest BCUT2D eigenvalue weighted by Gasteiger charge is -2.35. The van der Waals surface area contributed by atoms with E-state index in [4.69, 9.17) is 0 Å². The van der Waals surface area contributed by atoms with Crippen LogP contribution in [-0.2, 0) is 0 Å². The molecule has 1 amide bonds. The van der Waals surface area contributed by atoms with Gasteiger partial charge in [-0.1, -0.05) is 32.6 Å². The van der Waals surface area contributed by atoms with Gasteiger partial charge >= 0.3 is 0 Å². The van der Waals surface area contributed by atoms with E-state index in [9.17, 15) is 4.79 Å². The molecule has 1 aliphatic carbocycles. The molecule has 2 heterocycles. The molecule has 0 aromatic carbocycles. The summed E-state index contributed by atoms with van der Waals surface area (Å²) >= 11 is 0. The monoisotopic (exact) mass is 344 g/mol. The van der Waals surface area contributed by atoms with Crippen LogP contribution >= 0.6 is 0 Å². The highest BCUT2D eigenvalue weighted by Crippen LogP contribution is 2.23. The summed E-state index contributed by atoms with van der Waals surface area (Å²) in [6.45, 7) is 4.97. The first-order valence-corrected chi connectivity index (χ1v) is 10.1. The molecule has 1 N–H and O–H groups in total. The molecule has 1 saturated heterocycles. The smallest absolute Gasteiger partial charge is 0.272 e. The summed E-state index contributed by atoms with van der Waals surface area (Å²) in [6.07, 6.45) is 12.0. The fourth-order valence-electron chi connectivity index (χ4n) is 4.19. The van der Waals surface area contributed by atoms with Crippen LogP contribution in [0.15, 0.2) is 6.07 Å². The first kappa shape index (κ1) is 18.2. The molecule has 138 valence electrons. The number of carbonyl (C=O) groups excluding carboxylic acids is 1. The van der Waals surface area contributed by atoms with E-state index in [1.165, 1.54) is 44.9 Å². The molecule has 1 aromatic heterocycles. The highest BCUT2D eigenvalue weighted by atomic mass is 16.2. The summed E-state index contributed by atoms with van der Waals surface area (Å²) < 4.78 is 0. The fourth-order valence-corrected chi connectivity index (χ4v) is 4.19. The van der Waals surface area contributed by atoms with E-state index < -0.39 is 0 Å². The van der Waals surface area contributed by atoms with Crippen molar-refractivity contribution in [3.05, 3.63) is 17.5 Å². The summed E-state index contributed by atoms with van der Waals surface area (Å²) in [5, 5.41) is 3.49. The number of aromatic nitrogens is 2. The third kappa shape index (κ3) is 4.71. The lowest BCUT2D eigenvalue weighted by Crippen LogP contribution is -2.43. The predicted molar refractivity (Wildman–Crippen MR) is 101 cm³/mol. The fraction of sp³-hybridized carbons (Fsp3) is 0.750. The third-order valence-corrected chi connectivity index (χ3v) is 5.62. The van der Waals surface area contributed by atoms with Crippen LogP contribution in [0.25, 0.3) is 0 Å². The number of nitrogens with zero attached hydrogens (tertiary/aromatic N) is 3. The van der Waals surface area contributed by atoms with Gasteiger partial charge in [0, 0.05) is 24.3 Å². The number of carbonyl (C=O) groups is 1. The second kappa shape index (κ2) is 8.63. The summed E-state index contributed by atoms with van der Waals surface area (Å²) in [5.74, 6) is 0.696. The van der Waals surface area contributed by atoms with Crippen molar-refractivity contribution in [2.45, 2.75) is 90.1 Å². The standard InChI is InChI=1S/C20H32N4O/c1-3-17-12-8-9-13-24(17)19(25)18-14-15(2)21-20(23-18)22-16-10-6-4-5-7-11-16/h14,16-17H,3-13H2,1-2H3,(H,21,22,23). The maximum Gasteiger partial charge on any atom is 0.272 e. The number of piperidine rings is 1. The molecule has 3 rings (SSSR count). The Hall–Kier alpha value is -1.65. The van der Waals surface area contributed by atoms with Crippen LogP contribution < -0.4 is 5.32 Å². The van der Waals surface area contributed by atoms with E-state index in [1.54, 1.807) is 0 Å². The number of hydrogen-bond acceptors (Lipinski definition) is 4. The minimum Gasteiger partial charge on any atom is -0.351 e. The van der Waals surface area contributed by atoms with Crippen LogP contribution in [0.5, 0.6) is 0 Å². The van der Waals surface area contributed by atoms with Gasteiger partial charge in [0.15, 0.2) is 0 Å². The van der Waals surface area contributed by atoms with Gasteiger partial charge in [0.1, 0.15) is 5.69 Å². The second-order valence-corrected chi connectivity index (χ2v) is 7.61. The Morgan fingerprint density at radius 3 is 2.56 bits per heavy atom. The van der Waals surface area contributed by atoms with Crippen molar-refractivity contribution in [1.82, 2.24) is 14.9 Å². The number of hydrogen-bond donors (Lipinski definition) is 1. The van der Waals surface area contributed by atoms with Gasteiger partial charge in [0.25, 0.3) is 5.91 Å². The van der Waals surface area contributed by atoms with Crippen LogP contribution in [0.4, 0.5) is 5.95 Å². The van der Waals surface area contributed by atoms with Crippen LogP contribution in [0.3, 0.4) is 0 Å². The Balaban J connectivity index is 1.74. The molecule has 0 radical (unpaired) electrons. The minimum absolute atomic E-state index is 0.0703. The van der Waals surface area contributed by atoms with Gasteiger partial charge in [0.05, 0.1) is 0 Å². The number of rotatable bonds is 4. The van der Waals surface area contributed by atoms with E-state index >= 15 is 0 Å². The maximum atomic E-state index is 13.0. The van der Waals surface area contributed by atoms with Crippen molar-refractivity contribution in [3.63, 3.8) is 0 Å². The predicted octanol–water partition coefficient (Wildman–Crippen LogP) is 4.32. The summed E-state index contributed by atoms with van der Waals surface area (Å²) in [5.41, 5.74) is 1.41. The average Bonchev–Trinajstić information content (AvgIpc) is 2.89.